The summed E-state index contributed by atoms with van der Waals surface area (Å²) in [6.45, 7) is 6.78. The minimum atomic E-state index is -2.77. The lowest BCUT2D eigenvalue weighted by Gasteiger charge is -2.43. The Hall–Kier alpha value is -0.0500. The van der Waals surface area contributed by atoms with Crippen molar-refractivity contribution in [3.63, 3.8) is 0 Å². The van der Waals surface area contributed by atoms with Crippen molar-refractivity contribution >= 4 is 9.84 Å². The van der Waals surface area contributed by atoms with Gasteiger partial charge in [-0.25, -0.2) is 8.42 Å². The van der Waals surface area contributed by atoms with Gasteiger partial charge in [-0.1, -0.05) is 27.2 Å². The molecule has 3 heteroatoms. The third-order valence-corrected chi connectivity index (χ3v) is 6.62. The maximum Gasteiger partial charge on any atom is 0.150 e. The van der Waals surface area contributed by atoms with Crippen molar-refractivity contribution in [1.29, 1.82) is 0 Å². The van der Waals surface area contributed by atoms with Crippen molar-refractivity contribution in [2.24, 2.45) is 23.2 Å². The second-order valence-corrected chi connectivity index (χ2v) is 9.43. The Balaban J connectivity index is 1.75. The molecule has 0 N–H and O–H groups in total. The van der Waals surface area contributed by atoms with E-state index in [1.807, 2.05) is 0 Å². The zero-order valence-corrected chi connectivity index (χ0v) is 12.2. The van der Waals surface area contributed by atoms with Crippen LogP contribution in [0.2, 0.25) is 0 Å². The molecule has 0 heterocycles. The van der Waals surface area contributed by atoms with Gasteiger partial charge in [-0.05, 0) is 48.9 Å². The minimum absolute atomic E-state index is 0.355. The van der Waals surface area contributed by atoms with Gasteiger partial charge in [0, 0.05) is 0 Å². The molecule has 0 amide bonds. The van der Waals surface area contributed by atoms with E-state index in [-0.39, 0.29) is 0 Å². The molecule has 2 aliphatic rings. The number of sulfone groups is 1. The van der Waals surface area contributed by atoms with E-state index in [2.05, 4.69) is 20.8 Å². The molecule has 2 nitrogen and oxygen atoms in total. The van der Waals surface area contributed by atoms with E-state index in [4.69, 9.17) is 0 Å². The van der Waals surface area contributed by atoms with E-state index in [0.29, 0.717) is 28.8 Å². The van der Waals surface area contributed by atoms with Crippen LogP contribution in [-0.2, 0) is 9.84 Å². The van der Waals surface area contributed by atoms with Crippen LogP contribution in [0.5, 0.6) is 0 Å². The van der Waals surface area contributed by atoms with Gasteiger partial charge in [0.2, 0.25) is 0 Å². The summed E-state index contributed by atoms with van der Waals surface area (Å²) >= 11 is 0. The average molecular weight is 258 g/mol. The van der Waals surface area contributed by atoms with Crippen LogP contribution in [0.3, 0.4) is 0 Å². The number of hydrogen-bond acceptors (Lipinski definition) is 2. The normalized spacial score (nSPS) is 30.8. The Morgan fingerprint density at radius 2 is 1.53 bits per heavy atom. The largest absolute Gasteiger partial charge is 0.229 e. The Morgan fingerprint density at radius 1 is 1.00 bits per heavy atom. The molecule has 2 rings (SSSR count). The van der Waals surface area contributed by atoms with E-state index in [1.165, 1.54) is 6.42 Å². The highest BCUT2D eigenvalue weighted by Crippen LogP contribution is 2.45. The fourth-order valence-corrected chi connectivity index (χ4v) is 5.20. The Bertz CT molecular complexity index is 354. The number of hydrogen-bond donors (Lipinski definition) is 0. The summed E-state index contributed by atoms with van der Waals surface area (Å²) in [7, 11) is -2.77. The smallest absolute Gasteiger partial charge is 0.150 e. The van der Waals surface area contributed by atoms with Gasteiger partial charge in [0.05, 0.1) is 11.5 Å². The summed E-state index contributed by atoms with van der Waals surface area (Å²) in [5, 5.41) is 0. The molecule has 0 bridgehead atoms. The van der Waals surface area contributed by atoms with Crippen molar-refractivity contribution in [1.82, 2.24) is 0 Å². The first-order chi connectivity index (χ1) is 7.76. The lowest BCUT2D eigenvalue weighted by molar-refractivity contribution is 0.0878. The maximum atomic E-state index is 12.0. The molecule has 0 aliphatic heterocycles. The van der Waals surface area contributed by atoms with E-state index in [9.17, 15) is 8.42 Å². The standard InChI is InChI=1S/C14H26O2S/c1-14(2,3)13-7-12(8-13)10-17(15,16)9-11-5-4-6-11/h11-13H,4-10H2,1-3H3. The van der Waals surface area contributed by atoms with E-state index in [1.54, 1.807) is 0 Å². The van der Waals surface area contributed by atoms with E-state index >= 15 is 0 Å². The van der Waals surface area contributed by atoms with Gasteiger partial charge >= 0.3 is 0 Å². The molecule has 2 saturated carbocycles. The lowest BCUT2D eigenvalue weighted by Crippen LogP contribution is -2.38. The molecular weight excluding hydrogens is 232 g/mol. The summed E-state index contributed by atoms with van der Waals surface area (Å²) in [5.74, 6) is 2.58. The molecule has 0 saturated heterocycles. The van der Waals surface area contributed by atoms with Crippen LogP contribution in [0, 0.1) is 23.2 Å². The summed E-state index contributed by atoms with van der Waals surface area (Å²) in [5.41, 5.74) is 0.355. The van der Waals surface area contributed by atoms with Crippen LogP contribution in [0.25, 0.3) is 0 Å². The summed E-state index contributed by atoms with van der Waals surface area (Å²) in [6, 6.07) is 0. The third kappa shape index (κ3) is 3.46. The second kappa shape index (κ2) is 4.56. The summed E-state index contributed by atoms with van der Waals surface area (Å²) in [4.78, 5) is 0. The summed E-state index contributed by atoms with van der Waals surface area (Å²) < 4.78 is 24.0. The molecule has 0 atom stereocenters. The van der Waals surface area contributed by atoms with Crippen LogP contribution in [0.1, 0.15) is 52.9 Å². The van der Waals surface area contributed by atoms with Gasteiger partial charge in [0.25, 0.3) is 0 Å². The molecule has 0 unspecified atom stereocenters. The highest BCUT2D eigenvalue weighted by Gasteiger charge is 2.39. The second-order valence-electron chi connectivity index (χ2n) is 7.27. The van der Waals surface area contributed by atoms with Crippen LogP contribution < -0.4 is 0 Å². The monoisotopic (exact) mass is 258 g/mol. The van der Waals surface area contributed by atoms with E-state index < -0.39 is 9.84 Å². The molecule has 2 aliphatic carbocycles. The quantitative estimate of drug-likeness (QED) is 0.775. The highest BCUT2D eigenvalue weighted by atomic mass is 32.2. The van der Waals surface area contributed by atoms with Crippen molar-refractivity contribution in [3.05, 3.63) is 0 Å². The van der Waals surface area contributed by atoms with Crippen molar-refractivity contribution in [2.45, 2.75) is 52.9 Å². The Labute approximate surface area is 106 Å². The molecule has 0 aromatic carbocycles. The fraction of sp³-hybridized carbons (Fsp3) is 1.00. The molecule has 0 spiro atoms. The SMILES string of the molecule is CC(C)(C)C1CC(CS(=O)(=O)CC2CCC2)C1. The molecular formula is C14H26O2S. The fourth-order valence-electron chi connectivity index (χ4n) is 3.02. The van der Waals surface area contributed by atoms with Gasteiger partial charge in [0.15, 0.2) is 9.84 Å². The zero-order chi connectivity index (χ0) is 12.7. The van der Waals surface area contributed by atoms with Crippen molar-refractivity contribution in [3.8, 4) is 0 Å². The first kappa shape index (κ1) is 13.4. The molecule has 100 valence electrons. The predicted octanol–water partition coefficient (Wildman–Crippen LogP) is 3.27. The first-order valence-electron chi connectivity index (χ1n) is 6.97. The molecule has 0 aromatic rings. The topological polar surface area (TPSA) is 34.1 Å². The van der Waals surface area contributed by atoms with Gasteiger partial charge < -0.3 is 0 Å². The van der Waals surface area contributed by atoms with Crippen LogP contribution in [-0.4, -0.2) is 19.9 Å². The van der Waals surface area contributed by atoms with Gasteiger partial charge in [-0.3, -0.25) is 0 Å². The third-order valence-electron chi connectivity index (χ3n) is 4.66. The van der Waals surface area contributed by atoms with Gasteiger partial charge in [-0.15, -0.1) is 0 Å². The Morgan fingerprint density at radius 3 is 1.94 bits per heavy atom. The lowest BCUT2D eigenvalue weighted by atomic mass is 9.64. The zero-order valence-electron chi connectivity index (χ0n) is 11.4. The predicted molar refractivity (Wildman–Crippen MR) is 71.7 cm³/mol. The summed E-state index contributed by atoms with van der Waals surface area (Å²) in [6.07, 6.45) is 5.74. The van der Waals surface area contributed by atoms with Crippen LogP contribution in [0.4, 0.5) is 0 Å². The molecule has 2 fully saturated rings. The van der Waals surface area contributed by atoms with Crippen LogP contribution >= 0.6 is 0 Å². The average Bonchev–Trinajstić information content (AvgIpc) is 2.02. The Kier molecular flexibility index (Phi) is 3.59. The molecule has 0 radical (unpaired) electrons. The minimum Gasteiger partial charge on any atom is -0.229 e. The van der Waals surface area contributed by atoms with Crippen molar-refractivity contribution in [2.75, 3.05) is 11.5 Å². The molecule has 0 aromatic heterocycles. The van der Waals surface area contributed by atoms with E-state index in [0.717, 1.165) is 31.6 Å². The van der Waals surface area contributed by atoms with Crippen molar-refractivity contribution < 1.29 is 8.42 Å². The van der Waals surface area contributed by atoms with Crippen LogP contribution in [0.15, 0.2) is 0 Å². The van der Waals surface area contributed by atoms with Gasteiger partial charge in [0.1, 0.15) is 0 Å². The number of rotatable bonds is 4. The first-order valence-corrected chi connectivity index (χ1v) is 8.79. The highest BCUT2D eigenvalue weighted by molar-refractivity contribution is 7.91. The molecule has 17 heavy (non-hydrogen) atoms. The maximum absolute atomic E-state index is 12.0. The van der Waals surface area contributed by atoms with Gasteiger partial charge in [-0.2, -0.15) is 0 Å².